The molecule has 178 valence electrons. The predicted molar refractivity (Wildman–Crippen MR) is 141 cm³/mol. The van der Waals surface area contributed by atoms with Gasteiger partial charge in [0, 0.05) is 34.8 Å². The van der Waals surface area contributed by atoms with Crippen LogP contribution < -0.4 is 10.6 Å². The number of piperidine rings is 1. The van der Waals surface area contributed by atoms with Gasteiger partial charge in [-0.1, -0.05) is 25.0 Å². The van der Waals surface area contributed by atoms with Gasteiger partial charge >= 0.3 is 0 Å². The van der Waals surface area contributed by atoms with E-state index in [-0.39, 0.29) is 17.0 Å². The van der Waals surface area contributed by atoms with Gasteiger partial charge in [0.1, 0.15) is 5.84 Å². The molecule has 2 aliphatic heterocycles. The fourth-order valence-electron chi connectivity index (χ4n) is 5.11. The van der Waals surface area contributed by atoms with E-state index >= 15 is 0 Å². The Morgan fingerprint density at radius 1 is 1.06 bits per heavy atom. The van der Waals surface area contributed by atoms with E-state index in [9.17, 15) is 4.79 Å². The topological polar surface area (TPSA) is 73.4 Å². The van der Waals surface area contributed by atoms with Crippen molar-refractivity contribution in [2.75, 3.05) is 18.0 Å². The van der Waals surface area contributed by atoms with E-state index in [4.69, 9.17) is 11.1 Å². The molecular formula is C26H36N4OS2. The summed E-state index contributed by atoms with van der Waals surface area (Å²) in [7, 11) is 0. The monoisotopic (exact) mass is 484 g/mol. The second-order valence-electron chi connectivity index (χ2n) is 9.38. The molecule has 0 bridgehead atoms. The summed E-state index contributed by atoms with van der Waals surface area (Å²) in [6.45, 7) is 6.68. The second kappa shape index (κ2) is 11.1. The molecule has 1 aromatic heterocycles. The van der Waals surface area contributed by atoms with Gasteiger partial charge in [0.2, 0.25) is 5.91 Å². The molecular weight excluding hydrogens is 448 g/mol. The van der Waals surface area contributed by atoms with E-state index < -0.39 is 0 Å². The van der Waals surface area contributed by atoms with Gasteiger partial charge in [-0.05, 0) is 70.3 Å². The number of thioether (sulfide) groups is 1. The summed E-state index contributed by atoms with van der Waals surface area (Å²) in [5, 5.41) is 7.51. The fourth-order valence-corrected chi connectivity index (χ4v) is 7.38. The van der Waals surface area contributed by atoms with Crippen molar-refractivity contribution < 1.29 is 4.79 Å². The van der Waals surface area contributed by atoms with E-state index in [1.54, 1.807) is 11.8 Å². The van der Waals surface area contributed by atoms with Crippen LogP contribution in [0, 0.1) is 5.41 Å². The Balaban J connectivity index is 1.35. The molecule has 1 fully saturated rings. The summed E-state index contributed by atoms with van der Waals surface area (Å²) >= 11 is 3.19. The number of carbonyl (C=O) groups excluding carboxylic acids is 1. The first-order valence-corrected chi connectivity index (χ1v) is 13.9. The summed E-state index contributed by atoms with van der Waals surface area (Å²) in [6.07, 6.45) is 8.04. The Labute approximate surface area is 206 Å². The number of unbranched alkanes of at least 4 members (excludes halogenated alkanes) is 2. The molecule has 0 radical (unpaired) electrons. The first kappa shape index (κ1) is 24.3. The van der Waals surface area contributed by atoms with Gasteiger partial charge in [-0.2, -0.15) is 0 Å². The molecule has 3 N–H and O–H groups in total. The van der Waals surface area contributed by atoms with Crippen molar-refractivity contribution >= 4 is 40.5 Å². The van der Waals surface area contributed by atoms with Crippen LogP contribution in [0.25, 0.3) is 0 Å². The smallest absolute Gasteiger partial charge is 0.240 e. The zero-order chi connectivity index (χ0) is 23.4. The number of amidine groups is 1. The van der Waals surface area contributed by atoms with Crippen LogP contribution in [-0.2, 0) is 11.2 Å². The maximum absolute atomic E-state index is 13.5. The minimum atomic E-state index is -0.131. The number of likely N-dealkylation sites (tertiary alicyclic amines) is 1. The molecule has 1 amide bonds. The van der Waals surface area contributed by atoms with E-state index in [2.05, 4.69) is 36.9 Å². The normalized spacial score (nSPS) is 23.5. The van der Waals surface area contributed by atoms with Gasteiger partial charge in [-0.25, -0.2) is 0 Å². The maximum atomic E-state index is 13.5. The molecule has 2 aromatic rings. The molecule has 3 heterocycles. The quantitative estimate of drug-likeness (QED) is 0.279. The van der Waals surface area contributed by atoms with Gasteiger partial charge in [0.25, 0.3) is 0 Å². The number of fused-ring (bicyclic) bond motifs is 1. The lowest BCUT2D eigenvalue weighted by molar-refractivity contribution is -0.118. The highest BCUT2D eigenvalue weighted by Gasteiger charge is 2.33. The van der Waals surface area contributed by atoms with Gasteiger partial charge in [-0.3, -0.25) is 15.1 Å². The number of thiophene rings is 1. The number of benzene rings is 1. The van der Waals surface area contributed by atoms with E-state index in [1.807, 2.05) is 23.1 Å². The highest BCUT2D eigenvalue weighted by atomic mass is 32.2. The first-order chi connectivity index (χ1) is 15.9. The van der Waals surface area contributed by atoms with E-state index in [1.165, 1.54) is 48.5 Å². The Morgan fingerprint density at radius 3 is 2.52 bits per heavy atom. The van der Waals surface area contributed by atoms with Crippen LogP contribution in [0.1, 0.15) is 62.1 Å². The van der Waals surface area contributed by atoms with Crippen molar-refractivity contribution in [3.8, 4) is 0 Å². The van der Waals surface area contributed by atoms with Crippen LogP contribution >= 0.6 is 23.1 Å². The molecule has 3 atom stereocenters. The molecule has 4 rings (SSSR count). The number of nitrogen functional groups attached to an aromatic ring is 1. The summed E-state index contributed by atoms with van der Waals surface area (Å²) < 4.78 is 0. The molecule has 0 spiro atoms. The number of nitrogens with one attached hydrogen (secondary N) is 1. The lowest BCUT2D eigenvalue weighted by Gasteiger charge is -2.39. The third-order valence-corrected chi connectivity index (χ3v) is 9.35. The number of carbonyl (C=O) groups is 1. The number of nitrogens with two attached hydrogens (primary N) is 1. The standard InChI is InChI=1S/C26H36N4OS2/c1-18-9-8-10-19(2)29(18)15-6-3-7-16-30-21-11-4-5-12-22(21)33-24(26(30)31)17-20-13-14-23(32-20)25(27)28/h4-5,11-14,18-19,24H,3,6-10,15-17H2,1-2H3,(H3,27,28)/t18-,19+,24?. The number of rotatable bonds is 9. The molecule has 1 aromatic carbocycles. The molecule has 7 heteroatoms. The van der Waals surface area contributed by atoms with Crippen LogP contribution in [0.3, 0.4) is 0 Å². The zero-order valence-corrected chi connectivity index (χ0v) is 21.4. The summed E-state index contributed by atoms with van der Waals surface area (Å²) in [5.41, 5.74) is 6.68. The first-order valence-electron chi connectivity index (χ1n) is 12.2. The highest BCUT2D eigenvalue weighted by molar-refractivity contribution is 8.01. The van der Waals surface area contributed by atoms with Crippen molar-refractivity contribution in [2.45, 2.75) is 81.0 Å². The fraction of sp³-hybridized carbons (Fsp3) is 0.538. The zero-order valence-electron chi connectivity index (χ0n) is 19.8. The van der Waals surface area contributed by atoms with Gasteiger partial charge in [0.05, 0.1) is 15.8 Å². The van der Waals surface area contributed by atoms with Crippen molar-refractivity contribution in [2.24, 2.45) is 5.73 Å². The van der Waals surface area contributed by atoms with E-state index in [0.717, 1.165) is 34.8 Å². The lowest BCUT2D eigenvalue weighted by atomic mass is 9.97. The lowest BCUT2D eigenvalue weighted by Crippen LogP contribution is -2.44. The van der Waals surface area contributed by atoms with Crippen molar-refractivity contribution in [1.82, 2.24) is 4.90 Å². The Morgan fingerprint density at radius 2 is 1.79 bits per heavy atom. The third-order valence-electron chi connectivity index (χ3n) is 6.95. The summed E-state index contributed by atoms with van der Waals surface area (Å²) in [6, 6.07) is 13.6. The summed E-state index contributed by atoms with van der Waals surface area (Å²) in [4.78, 5) is 21.2. The van der Waals surface area contributed by atoms with Gasteiger partial charge < -0.3 is 10.6 Å². The molecule has 0 saturated carbocycles. The molecule has 1 unspecified atom stereocenters. The number of anilines is 1. The molecule has 0 aliphatic carbocycles. The number of para-hydroxylation sites is 1. The Hall–Kier alpha value is -1.83. The average molecular weight is 485 g/mol. The Kier molecular flexibility index (Phi) is 8.15. The van der Waals surface area contributed by atoms with Crippen molar-refractivity contribution in [3.63, 3.8) is 0 Å². The van der Waals surface area contributed by atoms with Crippen molar-refractivity contribution in [1.29, 1.82) is 5.41 Å². The van der Waals surface area contributed by atoms with Gasteiger partial charge in [0.15, 0.2) is 0 Å². The summed E-state index contributed by atoms with van der Waals surface area (Å²) in [5.74, 6) is 0.295. The van der Waals surface area contributed by atoms with Crippen LogP contribution in [0.5, 0.6) is 0 Å². The van der Waals surface area contributed by atoms with Crippen LogP contribution in [0.15, 0.2) is 41.3 Å². The minimum Gasteiger partial charge on any atom is -0.383 e. The second-order valence-corrected chi connectivity index (χ2v) is 11.8. The average Bonchev–Trinajstić information content (AvgIpc) is 3.26. The number of hydrogen-bond acceptors (Lipinski definition) is 5. The van der Waals surface area contributed by atoms with Crippen molar-refractivity contribution in [3.05, 3.63) is 46.2 Å². The minimum absolute atomic E-state index is 0.0918. The maximum Gasteiger partial charge on any atom is 0.240 e. The predicted octanol–water partition coefficient (Wildman–Crippen LogP) is 5.52. The molecule has 2 aliphatic rings. The number of nitrogens with zero attached hydrogens (tertiary/aromatic N) is 2. The number of hydrogen-bond donors (Lipinski definition) is 2. The Bertz CT molecular complexity index is 965. The SMILES string of the molecule is C[C@@H]1CCC[C@H](C)N1CCCCCN1C(=O)C(Cc2ccc(C(=N)N)s2)Sc2ccccc21. The van der Waals surface area contributed by atoms with Gasteiger partial charge in [-0.15, -0.1) is 23.1 Å². The van der Waals surface area contributed by atoms with E-state index in [0.29, 0.717) is 18.5 Å². The highest BCUT2D eigenvalue weighted by Crippen LogP contribution is 2.41. The van der Waals surface area contributed by atoms with Crippen LogP contribution in [0.2, 0.25) is 0 Å². The molecule has 5 nitrogen and oxygen atoms in total. The largest absolute Gasteiger partial charge is 0.383 e. The molecule has 33 heavy (non-hydrogen) atoms. The molecule has 1 saturated heterocycles. The third kappa shape index (κ3) is 5.81. The van der Waals surface area contributed by atoms with Crippen LogP contribution in [-0.4, -0.2) is 47.1 Å². The number of amides is 1. The van der Waals surface area contributed by atoms with Crippen LogP contribution in [0.4, 0.5) is 5.69 Å².